The molecule has 0 spiro atoms. The van der Waals surface area contributed by atoms with Crippen LogP contribution in [0.25, 0.3) is 0 Å². The summed E-state index contributed by atoms with van der Waals surface area (Å²) in [5, 5.41) is 0. The van der Waals surface area contributed by atoms with Crippen LogP contribution in [0, 0.1) is 0 Å². The Balaban J connectivity index is 3.24. The maximum atomic E-state index is 6.68. The normalized spacial score (nSPS) is 31.5. The zero-order valence-corrected chi connectivity index (χ0v) is 23.7. The van der Waals surface area contributed by atoms with Crippen molar-refractivity contribution in [2.24, 2.45) is 0 Å². The first-order chi connectivity index (χ1) is 10.2. The summed E-state index contributed by atoms with van der Waals surface area (Å²) in [6.07, 6.45) is 0. The van der Waals surface area contributed by atoms with E-state index in [2.05, 4.69) is 92.5 Å². The molecule has 0 unspecified atom stereocenters. The molecule has 0 saturated carbocycles. The van der Waals surface area contributed by atoms with Crippen LogP contribution in [-0.2, 0) is 12.3 Å². The van der Waals surface area contributed by atoms with Crippen LogP contribution in [0.5, 0.6) is 0 Å². The molecule has 12 heteroatoms. The molecule has 1 aliphatic rings. The van der Waals surface area contributed by atoms with E-state index in [1.165, 1.54) is 0 Å². The second-order valence-electron chi connectivity index (χ2n) is 9.74. The summed E-state index contributed by atoms with van der Waals surface area (Å²) in [7, 11) is -12.2. The van der Waals surface area contributed by atoms with Gasteiger partial charge in [-0.1, -0.05) is 0 Å². The van der Waals surface area contributed by atoms with E-state index in [0.29, 0.717) is 0 Å². The highest BCUT2D eigenvalue weighted by molar-refractivity contribution is 6.99. The van der Waals surface area contributed by atoms with Crippen LogP contribution < -0.4 is 13.9 Å². The van der Waals surface area contributed by atoms with Gasteiger partial charge in [-0.25, -0.2) is 0 Å². The van der Waals surface area contributed by atoms with Gasteiger partial charge in [0.15, 0.2) is 0 Å². The Morgan fingerprint density at radius 2 is 0.458 bits per heavy atom. The monoisotopic (exact) mass is 441 g/mol. The minimum absolute atomic E-state index is 2.04. The van der Waals surface area contributed by atoms with Crippen LogP contribution in [0.1, 0.15) is 0 Å². The van der Waals surface area contributed by atoms with E-state index in [0.717, 1.165) is 0 Å². The van der Waals surface area contributed by atoms with E-state index in [-0.39, 0.29) is 0 Å². The molecule has 0 radical (unpaired) electrons. The summed E-state index contributed by atoms with van der Waals surface area (Å²) < 4.78 is 31.5. The molecule has 3 N–H and O–H groups in total. The van der Waals surface area contributed by atoms with E-state index in [4.69, 9.17) is 12.3 Å². The van der Waals surface area contributed by atoms with Gasteiger partial charge in [0.05, 0.1) is 0 Å². The summed E-state index contributed by atoms with van der Waals surface area (Å²) in [6.45, 7) is 26.9. The average Bonchev–Trinajstić information content (AvgIpc) is 1.98. The molecule has 1 aliphatic heterocycles. The lowest BCUT2D eigenvalue weighted by atomic mass is 11.9. The molecule has 0 aromatic carbocycles. The van der Waals surface area contributed by atoms with Crippen molar-refractivity contribution < 1.29 is 12.3 Å². The van der Waals surface area contributed by atoms with Crippen LogP contribution in [0.15, 0.2) is 0 Å². The Hall–Kier alpha value is 1.06. The van der Waals surface area contributed by atoms with Crippen LogP contribution in [0.2, 0.25) is 78.6 Å². The Morgan fingerprint density at radius 3 is 0.583 bits per heavy atom. The molecule has 144 valence electrons. The van der Waals surface area contributed by atoms with Crippen LogP contribution >= 0.6 is 0 Å². The third-order valence-electron chi connectivity index (χ3n) is 3.34. The van der Waals surface area contributed by atoms with Crippen LogP contribution in [-0.4, -0.2) is 50.9 Å². The molecule has 1 saturated heterocycles. The molecular formula is C12H39N3O3Si6. The fourth-order valence-corrected chi connectivity index (χ4v) is 40.9. The minimum Gasteiger partial charge on any atom is -0.433 e. The Morgan fingerprint density at radius 1 is 0.333 bits per heavy atom. The molecule has 1 fully saturated rings. The summed E-state index contributed by atoms with van der Waals surface area (Å²) in [6, 6.07) is 0. The molecular weight excluding hydrogens is 403 g/mol. The molecule has 1 rings (SSSR count). The lowest BCUT2D eigenvalue weighted by Gasteiger charge is -2.47. The lowest BCUT2D eigenvalue weighted by molar-refractivity contribution is 0.468. The standard InChI is InChI=1S/C12H39N3O3Si6/c1-19(2)13-20(3,4)17-23(9,10)15-24(11,12)18-22(7,8)14-21(5,6)16-19/h13-15H,1-12H3. The van der Waals surface area contributed by atoms with Crippen molar-refractivity contribution in [2.75, 3.05) is 0 Å². The quantitative estimate of drug-likeness (QED) is 0.502. The summed E-state index contributed by atoms with van der Waals surface area (Å²) >= 11 is 0. The van der Waals surface area contributed by atoms with E-state index in [9.17, 15) is 0 Å². The molecule has 0 aromatic rings. The third kappa shape index (κ3) is 8.17. The summed E-state index contributed by atoms with van der Waals surface area (Å²) in [4.78, 5) is 0. The molecule has 1 heterocycles. The smallest absolute Gasteiger partial charge is 0.247 e. The van der Waals surface area contributed by atoms with E-state index < -0.39 is 50.9 Å². The SMILES string of the molecule is C[Si]1(C)N[Si](C)(C)O[Si](C)(C)N[Si](C)(C)O[Si](C)(C)N[Si](C)(C)O1. The third-order valence-corrected chi connectivity index (χ3v) is 30.0. The van der Waals surface area contributed by atoms with Crippen molar-refractivity contribution in [3.8, 4) is 0 Å². The number of rotatable bonds is 0. The molecule has 0 atom stereocenters. The van der Waals surface area contributed by atoms with Crippen LogP contribution in [0.3, 0.4) is 0 Å². The van der Waals surface area contributed by atoms with E-state index in [1.807, 2.05) is 0 Å². The van der Waals surface area contributed by atoms with E-state index in [1.54, 1.807) is 0 Å². The first-order valence-corrected chi connectivity index (χ1v) is 26.2. The number of hydrogen-bond donors (Lipinski definition) is 3. The Kier molecular flexibility index (Phi) is 6.64. The summed E-state index contributed by atoms with van der Waals surface area (Å²) in [5.74, 6) is 0. The van der Waals surface area contributed by atoms with Crippen molar-refractivity contribution >= 4 is 50.9 Å². The van der Waals surface area contributed by atoms with Crippen LogP contribution in [0.4, 0.5) is 0 Å². The van der Waals surface area contributed by atoms with Crippen molar-refractivity contribution in [1.82, 2.24) is 13.9 Å². The van der Waals surface area contributed by atoms with Gasteiger partial charge in [-0.05, 0) is 78.6 Å². The highest BCUT2D eigenvalue weighted by atomic mass is 28.5. The Bertz CT molecular complexity index is 338. The number of hydrogen-bond acceptors (Lipinski definition) is 6. The highest BCUT2D eigenvalue weighted by Crippen LogP contribution is 2.22. The Labute approximate surface area is 155 Å². The first kappa shape index (κ1) is 23.1. The highest BCUT2D eigenvalue weighted by Gasteiger charge is 2.48. The van der Waals surface area contributed by atoms with Crippen molar-refractivity contribution in [3.05, 3.63) is 0 Å². The zero-order valence-electron chi connectivity index (χ0n) is 17.7. The largest absolute Gasteiger partial charge is 0.433 e. The van der Waals surface area contributed by atoms with Gasteiger partial charge < -0.3 is 26.3 Å². The van der Waals surface area contributed by atoms with Gasteiger partial charge in [0.25, 0.3) is 0 Å². The predicted molar refractivity (Wildman–Crippen MR) is 118 cm³/mol. The predicted octanol–water partition coefficient (Wildman–Crippen LogP) is 3.03. The fraction of sp³-hybridized carbons (Fsp3) is 1.00. The topological polar surface area (TPSA) is 63.8 Å². The molecule has 0 bridgehead atoms. The second kappa shape index (κ2) is 6.90. The maximum absolute atomic E-state index is 6.68. The van der Waals surface area contributed by atoms with Gasteiger partial charge in [-0.2, -0.15) is 0 Å². The maximum Gasteiger partial charge on any atom is 0.247 e. The van der Waals surface area contributed by atoms with Gasteiger partial charge in [-0.3, -0.25) is 0 Å². The van der Waals surface area contributed by atoms with Gasteiger partial charge >= 0.3 is 0 Å². The van der Waals surface area contributed by atoms with E-state index >= 15 is 0 Å². The summed E-state index contributed by atoms with van der Waals surface area (Å²) in [5.41, 5.74) is 0. The van der Waals surface area contributed by atoms with Gasteiger partial charge in [0.1, 0.15) is 0 Å². The minimum atomic E-state index is -2.04. The first-order valence-electron chi connectivity index (χ1n) is 8.72. The van der Waals surface area contributed by atoms with Gasteiger partial charge in [-0.15, -0.1) is 0 Å². The zero-order chi connectivity index (χ0) is 19.2. The molecule has 0 aliphatic carbocycles. The molecule has 0 aromatic heterocycles. The van der Waals surface area contributed by atoms with Gasteiger partial charge in [0, 0.05) is 0 Å². The molecule has 0 amide bonds. The second-order valence-corrected chi connectivity index (χ2v) is 33.3. The van der Waals surface area contributed by atoms with Crippen molar-refractivity contribution in [3.63, 3.8) is 0 Å². The average molecular weight is 442 g/mol. The lowest BCUT2D eigenvalue weighted by Crippen LogP contribution is -2.76. The van der Waals surface area contributed by atoms with Crippen molar-refractivity contribution in [1.29, 1.82) is 0 Å². The molecule has 6 nitrogen and oxygen atoms in total. The van der Waals surface area contributed by atoms with Crippen molar-refractivity contribution in [2.45, 2.75) is 78.6 Å². The molecule has 24 heavy (non-hydrogen) atoms. The fourth-order valence-electron chi connectivity index (χ4n) is 4.24. The van der Waals surface area contributed by atoms with Gasteiger partial charge in [0.2, 0.25) is 50.9 Å². The number of nitrogens with one attached hydrogen (secondary N) is 3.